The quantitative estimate of drug-likeness (QED) is 0.861. The average Bonchev–Trinajstić information content (AvgIpc) is 2.42. The van der Waals surface area contributed by atoms with Crippen LogP contribution in [0.4, 0.5) is 22.0 Å². The molecule has 0 atom stereocenters. The minimum atomic E-state index is -4.65. The van der Waals surface area contributed by atoms with Crippen LogP contribution < -0.4 is 10.5 Å². The van der Waals surface area contributed by atoms with Crippen molar-refractivity contribution in [3.8, 4) is 11.5 Å². The van der Waals surface area contributed by atoms with Gasteiger partial charge in [0.1, 0.15) is 11.5 Å². The summed E-state index contributed by atoms with van der Waals surface area (Å²) in [7, 11) is 0. The monoisotopic (exact) mass is 303 g/mol. The summed E-state index contributed by atoms with van der Waals surface area (Å²) in [5.41, 5.74) is 4.55. The second-order valence-corrected chi connectivity index (χ2v) is 4.21. The van der Waals surface area contributed by atoms with Crippen LogP contribution in [0.1, 0.15) is 11.1 Å². The van der Waals surface area contributed by atoms with E-state index in [1.807, 2.05) is 0 Å². The van der Waals surface area contributed by atoms with Gasteiger partial charge in [-0.25, -0.2) is 8.78 Å². The Balaban J connectivity index is 2.41. The molecule has 2 aromatic carbocycles. The van der Waals surface area contributed by atoms with Gasteiger partial charge in [-0.3, -0.25) is 0 Å². The summed E-state index contributed by atoms with van der Waals surface area (Å²) in [6.45, 7) is -0.0610. The SMILES string of the molecule is NCc1ccc(Oc2ccc(F)c(F)c2)c(C(F)(F)F)c1. The zero-order valence-electron chi connectivity index (χ0n) is 10.5. The number of rotatable bonds is 3. The molecule has 0 aliphatic heterocycles. The van der Waals surface area contributed by atoms with E-state index in [0.29, 0.717) is 6.07 Å². The average molecular weight is 303 g/mol. The summed E-state index contributed by atoms with van der Waals surface area (Å²) in [5.74, 6) is -3.07. The first-order valence-electron chi connectivity index (χ1n) is 5.84. The van der Waals surface area contributed by atoms with Gasteiger partial charge in [-0.05, 0) is 29.8 Å². The Hall–Kier alpha value is -2.15. The molecule has 2 rings (SSSR count). The molecule has 7 heteroatoms. The van der Waals surface area contributed by atoms with Crippen LogP contribution in [0.15, 0.2) is 36.4 Å². The molecule has 0 saturated heterocycles. The number of nitrogens with two attached hydrogens (primary N) is 1. The molecule has 0 amide bonds. The molecule has 2 aromatic rings. The lowest BCUT2D eigenvalue weighted by molar-refractivity contribution is -0.138. The largest absolute Gasteiger partial charge is 0.457 e. The van der Waals surface area contributed by atoms with Gasteiger partial charge in [0.2, 0.25) is 0 Å². The minimum Gasteiger partial charge on any atom is -0.457 e. The van der Waals surface area contributed by atoms with Gasteiger partial charge in [0.25, 0.3) is 0 Å². The molecule has 0 aliphatic carbocycles. The second-order valence-electron chi connectivity index (χ2n) is 4.21. The van der Waals surface area contributed by atoms with Crippen LogP contribution in [0.25, 0.3) is 0 Å². The summed E-state index contributed by atoms with van der Waals surface area (Å²) < 4.78 is 69.7. The predicted molar refractivity (Wildman–Crippen MR) is 65.8 cm³/mol. The molecule has 0 saturated carbocycles. The van der Waals surface area contributed by atoms with Gasteiger partial charge in [-0.2, -0.15) is 13.2 Å². The van der Waals surface area contributed by atoms with Gasteiger partial charge in [-0.1, -0.05) is 6.07 Å². The lowest BCUT2D eigenvalue weighted by atomic mass is 10.1. The van der Waals surface area contributed by atoms with Crippen molar-refractivity contribution in [1.29, 1.82) is 0 Å². The first-order chi connectivity index (χ1) is 9.81. The van der Waals surface area contributed by atoms with E-state index >= 15 is 0 Å². The highest BCUT2D eigenvalue weighted by atomic mass is 19.4. The van der Waals surface area contributed by atoms with E-state index in [-0.39, 0.29) is 17.9 Å². The predicted octanol–water partition coefficient (Wildman–Crippen LogP) is 4.23. The molecule has 0 aromatic heterocycles. The first-order valence-corrected chi connectivity index (χ1v) is 5.84. The summed E-state index contributed by atoms with van der Waals surface area (Å²) in [4.78, 5) is 0. The highest BCUT2D eigenvalue weighted by Crippen LogP contribution is 2.38. The molecular formula is C14H10F5NO. The fourth-order valence-electron chi connectivity index (χ4n) is 1.68. The fourth-order valence-corrected chi connectivity index (χ4v) is 1.68. The van der Waals surface area contributed by atoms with E-state index in [2.05, 4.69) is 0 Å². The van der Waals surface area contributed by atoms with Gasteiger partial charge < -0.3 is 10.5 Å². The van der Waals surface area contributed by atoms with Crippen molar-refractivity contribution in [2.24, 2.45) is 5.73 Å². The zero-order valence-corrected chi connectivity index (χ0v) is 10.5. The molecule has 0 unspecified atom stereocenters. The van der Waals surface area contributed by atoms with E-state index in [9.17, 15) is 22.0 Å². The number of ether oxygens (including phenoxy) is 1. The van der Waals surface area contributed by atoms with Gasteiger partial charge in [0.05, 0.1) is 5.56 Å². The van der Waals surface area contributed by atoms with Crippen LogP contribution in [0.3, 0.4) is 0 Å². The lowest BCUT2D eigenvalue weighted by Gasteiger charge is -2.15. The van der Waals surface area contributed by atoms with Crippen LogP contribution in [-0.2, 0) is 12.7 Å². The smallest absolute Gasteiger partial charge is 0.419 e. The fraction of sp³-hybridized carbons (Fsp3) is 0.143. The Morgan fingerprint density at radius 1 is 0.952 bits per heavy atom. The van der Waals surface area contributed by atoms with Gasteiger partial charge in [0, 0.05) is 12.6 Å². The summed E-state index contributed by atoms with van der Waals surface area (Å²) in [6, 6.07) is 5.79. The van der Waals surface area contributed by atoms with E-state index in [0.717, 1.165) is 24.3 Å². The van der Waals surface area contributed by atoms with Gasteiger partial charge >= 0.3 is 6.18 Å². The lowest BCUT2D eigenvalue weighted by Crippen LogP contribution is -2.09. The normalized spacial score (nSPS) is 11.5. The van der Waals surface area contributed by atoms with Crippen LogP contribution >= 0.6 is 0 Å². The third kappa shape index (κ3) is 3.49. The van der Waals surface area contributed by atoms with E-state index < -0.39 is 29.1 Å². The third-order valence-corrected chi connectivity index (χ3v) is 2.70. The number of alkyl halides is 3. The van der Waals surface area contributed by atoms with Crippen molar-refractivity contribution < 1.29 is 26.7 Å². The molecule has 0 bridgehead atoms. The Morgan fingerprint density at radius 2 is 1.67 bits per heavy atom. The third-order valence-electron chi connectivity index (χ3n) is 2.70. The maximum Gasteiger partial charge on any atom is 0.419 e. The molecule has 112 valence electrons. The Kier molecular flexibility index (Phi) is 4.13. The number of hydrogen-bond donors (Lipinski definition) is 1. The van der Waals surface area contributed by atoms with E-state index in [1.54, 1.807) is 0 Å². The van der Waals surface area contributed by atoms with Crippen LogP contribution in [0, 0.1) is 11.6 Å². The minimum absolute atomic E-state index is 0.0610. The highest BCUT2D eigenvalue weighted by molar-refractivity contribution is 5.42. The summed E-state index contributed by atoms with van der Waals surface area (Å²) in [6.07, 6.45) is -4.65. The topological polar surface area (TPSA) is 35.2 Å². The molecular weight excluding hydrogens is 293 g/mol. The van der Waals surface area contributed by atoms with Crippen LogP contribution in [0.5, 0.6) is 11.5 Å². The van der Waals surface area contributed by atoms with Crippen molar-refractivity contribution in [3.05, 3.63) is 59.2 Å². The number of halogens is 5. The van der Waals surface area contributed by atoms with Crippen LogP contribution in [0.2, 0.25) is 0 Å². The highest BCUT2D eigenvalue weighted by Gasteiger charge is 2.34. The molecule has 0 fully saturated rings. The van der Waals surface area contributed by atoms with Crippen molar-refractivity contribution >= 4 is 0 Å². The van der Waals surface area contributed by atoms with E-state index in [4.69, 9.17) is 10.5 Å². The summed E-state index contributed by atoms with van der Waals surface area (Å²) >= 11 is 0. The second kappa shape index (κ2) is 5.69. The van der Waals surface area contributed by atoms with Gasteiger partial charge in [0.15, 0.2) is 11.6 Å². The Bertz CT molecular complexity index is 654. The van der Waals surface area contributed by atoms with E-state index in [1.165, 1.54) is 6.07 Å². The van der Waals surface area contributed by atoms with Crippen molar-refractivity contribution in [2.45, 2.75) is 12.7 Å². The Morgan fingerprint density at radius 3 is 2.24 bits per heavy atom. The van der Waals surface area contributed by atoms with Crippen LogP contribution in [-0.4, -0.2) is 0 Å². The molecule has 21 heavy (non-hydrogen) atoms. The van der Waals surface area contributed by atoms with Gasteiger partial charge in [-0.15, -0.1) is 0 Å². The maximum absolute atomic E-state index is 13.0. The molecule has 0 spiro atoms. The standard InChI is InChI=1S/C14H10F5NO/c15-11-3-2-9(6-12(11)16)21-13-4-1-8(7-20)5-10(13)14(17,18)19/h1-6H,7,20H2. The maximum atomic E-state index is 13.0. The van der Waals surface area contributed by atoms with Crippen molar-refractivity contribution in [2.75, 3.05) is 0 Å². The van der Waals surface area contributed by atoms with Crippen molar-refractivity contribution in [1.82, 2.24) is 0 Å². The molecule has 0 heterocycles. The van der Waals surface area contributed by atoms with Crippen molar-refractivity contribution in [3.63, 3.8) is 0 Å². The molecule has 2 N–H and O–H groups in total. The first kappa shape index (κ1) is 15.2. The number of hydrogen-bond acceptors (Lipinski definition) is 2. The zero-order chi connectivity index (χ0) is 15.6. The molecule has 2 nitrogen and oxygen atoms in total. The molecule has 0 aliphatic rings. The molecule has 0 radical (unpaired) electrons. The number of benzene rings is 2. The summed E-state index contributed by atoms with van der Waals surface area (Å²) in [5, 5.41) is 0. The Labute approximate surface area is 116 Å².